The lowest BCUT2D eigenvalue weighted by Crippen LogP contribution is -2.11. The standard InChI is InChI=1S/C17H20O4/c1-9-5-16(21-17(9)19)20-8-14-12-6-10-3-2-4-11(10)13(12)7-15(14)18/h5,8,10-13,16H,2-4,6-7H2,1H3/b14-8+/t10-,11-,12-,13+,16?/m0/s1. The van der Waals surface area contributed by atoms with Crippen molar-refractivity contribution in [2.24, 2.45) is 23.7 Å². The van der Waals surface area contributed by atoms with Gasteiger partial charge in [-0.1, -0.05) is 12.8 Å². The molecular weight excluding hydrogens is 268 g/mol. The Balaban J connectivity index is 1.49. The van der Waals surface area contributed by atoms with Gasteiger partial charge < -0.3 is 9.47 Å². The van der Waals surface area contributed by atoms with E-state index in [2.05, 4.69) is 0 Å². The summed E-state index contributed by atoms with van der Waals surface area (Å²) < 4.78 is 10.6. The summed E-state index contributed by atoms with van der Waals surface area (Å²) in [6.07, 6.45) is 8.30. The van der Waals surface area contributed by atoms with E-state index in [-0.39, 0.29) is 11.8 Å². The molecule has 112 valence electrons. The quantitative estimate of drug-likeness (QED) is 0.445. The highest BCUT2D eigenvalue weighted by Gasteiger charge is 2.52. The summed E-state index contributed by atoms with van der Waals surface area (Å²) in [5, 5.41) is 0. The molecule has 4 rings (SSSR count). The van der Waals surface area contributed by atoms with Gasteiger partial charge in [-0.2, -0.15) is 0 Å². The zero-order valence-electron chi connectivity index (χ0n) is 12.2. The summed E-state index contributed by atoms with van der Waals surface area (Å²) in [6.45, 7) is 1.70. The molecule has 0 spiro atoms. The van der Waals surface area contributed by atoms with Gasteiger partial charge in [0.2, 0.25) is 0 Å². The van der Waals surface area contributed by atoms with Crippen molar-refractivity contribution in [1.82, 2.24) is 0 Å². The second-order valence-electron chi connectivity index (χ2n) is 6.82. The fourth-order valence-corrected chi connectivity index (χ4v) is 4.78. The molecule has 1 aliphatic heterocycles. The molecular formula is C17H20O4. The van der Waals surface area contributed by atoms with Crippen molar-refractivity contribution in [3.63, 3.8) is 0 Å². The highest BCUT2D eigenvalue weighted by atomic mass is 16.7. The third kappa shape index (κ3) is 2.03. The van der Waals surface area contributed by atoms with Gasteiger partial charge in [0.1, 0.15) is 0 Å². The fraction of sp³-hybridized carbons (Fsp3) is 0.647. The lowest BCUT2D eigenvalue weighted by Gasteiger charge is -2.15. The Kier molecular flexibility index (Phi) is 2.95. The molecule has 3 aliphatic carbocycles. The van der Waals surface area contributed by atoms with Crippen LogP contribution in [0.15, 0.2) is 23.5 Å². The maximum Gasteiger partial charge on any atom is 0.336 e. The van der Waals surface area contributed by atoms with E-state index in [1.54, 1.807) is 19.3 Å². The second kappa shape index (κ2) is 4.72. The number of Topliss-reactive ketones (excluding diaryl/α,β-unsaturated/α-hetero) is 1. The third-order valence-electron chi connectivity index (χ3n) is 5.74. The first-order valence-electron chi connectivity index (χ1n) is 7.91. The third-order valence-corrected chi connectivity index (χ3v) is 5.74. The van der Waals surface area contributed by atoms with Crippen LogP contribution in [-0.4, -0.2) is 18.0 Å². The van der Waals surface area contributed by atoms with Gasteiger partial charge in [-0.3, -0.25) is 4.79 Å². The summed E-state index contributed by atoms with van der Waals surface area (Å²) in [5.74, 6) is 2.34. The van der Waals surface area contributed by atoms with Crippen LogP contribution in [0.1, 0.15) is 39.0 Å². The molecule has 4 heteroatoms. The Morgan fingerprint density at radius 2 is 2.14 bits per heavy atom. The molecule has 4 aliphatic rings. The van der Waals surface area contributed by atoms with Gasteiger partial charge in [-0.25, -0.2) is 4.79 Å². The minimum absolute atomic E-state index is 0.223. The zero-order chi connectivity index (χ0) is 14.6. The van der Waals surface area contributed by atoms with Crippen LogP contribution in [-0.2, 0) is 19.1 Å². The topological polar surface area (TPSA) is 52.6 Å². The predicted molar refractivity (Wildman–Crippen MR) is 74.9 cm³/mol. The predicted octanol–water partition coefficient (Wildman–Crippen LogP) is 2.74. The van der Waals surface area contributed by atoms with E-state index in [1.807, 2.05) is 0 Å². The Hall–Kier alpha value is -1.58. The molecule has 4 nitrogen and oxygen atoms in total. The molecule has 0 N–H and O–H groups in total. The van der Waals surface area contributed by atoms with Gasteiger partial charge in [0, 0.05) is 23.6 Å². The lowest BCUT2D eigenvalue weighted by atomic mass is 9.89. The van der Waals surface area contributed by atoms with Gasteiger partial charge in [0.05, 0.1) is 6.26 Å². The molecule has 1 heterocycles. The van der Waals surface area contributed by atoms with Crippen molar-refractivity contribution < 1.29 is 19.1 Å². The van der Waals surface area contributed by atoms with E-state index < -0.39 is 6.29 Å². The molecule has 0 bridgehead atoms. The van der Waals surface area contributed by atoms with Crippen molar-refractivity contribution in [2.75, 3.05) is 0 Å². The number of allylic oxidation sites excluding steroid dienone is 1. The Bertz CT molecular complexity index is 559. The van der Waals surface area contributed by atoms with Crippen LogP contribution in [0.2, 0.25) is 0 Å². The lowest BCUT2D eigenvalue weighted by molar-refractivity contribution is -0.152. The first-order valence-corrected chi connectivity index (χ1v) is 7.91. The molecule has 3 fully saturated rings. The molecule has 0 aromatic rings. The van der Waals surface area contributed by atoms with Crippen molar-refractivity contribution in [3.05, 3.63) is 23.5 Å². The Labute approximate surface area is 124 Å². The molecule has 5 atom stereocenters. The monoisotopic (exact) mass is 288 g/mol. The van der Waals surface area contributed by atoms with Crippen LogP contribution in [0.4, 0.5) is 0 Å². The largest absolute Gasteiger partial charge is 0.458 e. The number of ether oxygens (including phenoxy) is 2. The summed E-state index contributed by atoms with van der Waals surface area (Å²) >= 11 is 0. The van der Waals surface area contributed by atoms with E-state index in [0.717, 1.165) is 23.8 Å². The van der Waals surface area contributed by atoms with Crippen LogP contribution in [0.3, 0.4) is 0 Å². The molecule has 0 saturated heterocycles. The molecule has 0 aromatic heterocycles. The average Bonchev–Trinajstić information content (AvgIpc) is 3.13. The van der Waals surface area contributed by atoms with E-state index >= 15 is 0 Å². The first-order chi connectivity index (χ1) is 10.1. The highest BCUT2D eigenvalue weighted by molar-refractivity contribution is 5.98. The van der Waals surface area contributed by atoms with Gasteiger partial charge in [-0.05, 0) is 43.4 Å². The van der Waals surface area contributed by atoms with Crippen molar-refractivity contribution in [1.29, 1.82) is 0 Å². The summed E-state index contributed by atoms with van der Waals surface area (Å²) in [7, 11) is 0. The first kappa shape index (κ1) is 13.1. The summed E-state index contributed by atoms with van der Waals surface area (Å²) in [4.78, 5) is 23.5. The average molecular weight is 288 g/mol. The van der Waals surface area contributed by atoms with Crippen LogP contribution < -0.4 is 0 Å². The Morgan fingerprint density at radius 1 is 1.29 bits per heavy atom. The van der Waals surface area contributed by atoms with E-state index in [4.69, 9.17) is 9.47 Å². The fourth-order valence-electron chi connectivity index (χ4n) is 4.78. The SMILES string of the molecule is CC1=CC(O/C=C2/C(=O)C[C@@H]3[C@H]4CCC[C@H]4C[C@H]23)OC1=O. The van der Waals surface area contributed by atoms with Crippen LogP contribution in [0, 0.1) is 23.7 Å². The van der Waals surface area contributed by atoms with E-state index in [1.165, 1.54) is 19.3 Å². The highest BCUT2D eigenvalue weighted by Crippen LogP contribution is 2.57. The minimum atomic E-state index is -0.669. The van der Waals surface area contributed by atoms with Gasteiger partial charge in [0.15, 0.2) is 5.78 Å². The summed E-state index contributed by atoms with van der Waals surface area (Å²) in [6, 6.07) is 0. The summed E-state index contributed by atoms with van der Waals surface area (Å²) in [5.41, 5.74) is 1.38. The smallest absolute Gasteiger partial charge is 0.336 e. The molecule has 0 aromatic carbocycles. The van der Waals surface area contributed by atoms with Crippen LogP contribution in [0.5, 0.6) is 0 Å². The second-order valence-corrected chi connectivity index (χ2v) is 6.82. The Morgan fingerprint density at radius 3 is 2.90 bits per heavy atom. The van der Waals surface area contributed by atoms with Crippen LogP contribution >= 0.6 is 0 Å². The van der Waals surface area contributed by atoms with Crippen molar-refractivity contribution in [3.8, 4) is 0 Å². The number of cyclic esters (lactones) is 1. The molecule has 0 amide bonds. The number of hydrogen-bond acceptors (Lipinski definition) is 4. The van der Waals surface area contributed by atoms with Crippen LogP contribution in [0.25, 0.3) is 0 Å². The van der Waals surface area contributed by atoms with E-state index in [0.29, 0.717) is 23.8 Å². The number of rotatable bonds is 2. The number of carbonyl (C=O) groups excluding carboxylic acids is 2. The van der Waals surface area contributed by atoms with Gasteiger partial charge in [0.25, 0.3) is 6.29 Å². The minimum Gasteiger partial charge on any atom is -0.458 e. The van der Waals surface area contributed by atoms with Crippen molar-refractivity contribution >= 4 is 11.8 Å². The molecule has 1 unspecified atom stereocenters. The van der Waals surface area contributed by atoms with Gasteiger partial charge >= 0.3 is 5.97 Å². The molecule has 3 saturated carbocycles. The number of hydrogen-bond donors (Lipinski definition) is 0. The molecule has 21 heavy (non-hydrogen) atoms. The van der Waals surface area contributed by atoms with Gasteiger partial charge in [-0.15, -0.1) is 0 Å². The number of ketones is 1. The van der Waals surface area contributed by atoms with Crippen molar-refractivity contribution in [2.45, 2.75) is 45.3 Å². The van der Waals surface area contributed by atoms with E-state index in [9.17, 15) is 9.59 Å². The number of fused-ring (bicyclic) bond motifs is 3. The zero-order valence-corrected chi connectivity index (χ0v) is 12.2. The molecule has 0 radical (unpaired) electrons. The maximum atomic E-state index is 12.2. The maximum absolute atomic E-state index is 12.2. The number of esters is 1. The number of carbonyl (C=O) groups is 2. The normalized spacial score (nSPS) is 43.0.